The van der Waals surface area contributed by atoms with Crippen molar-refractivity contribution in [3.63, 3.8) is 0 Å². The fraction of sp³-hybridized carbons (Fsp3) is 0.357. The van der Waals surface area contributed by atoms with Gasteiger partial charge in [0.05, 0.1) is 17.0 Å². The Bertz CT molecular complexity index is 657. The number of aromatic nitrogens is 1. The lowest BCUT2D eigenvalue weighted by atomic mass is 10.1. The van der Waals surface area contributed by atoms with Crippen molar-refractivity contribution in [3.8, 4) is 0 Å². The Labute approximate surface area is 116 Å². The molecule has 0 aliphatic heterocycles. The van der Waals surface area contributed by atoms with E-state index in [0.29, 0.717) is 10.9 Å². The summed E-state index contributed by atoms with van der Waals surface area (Å²) < 4.78 is 0. The highest BCUT2D eigenvalue weighted by atomic mass is 16.6. The number of aliphatic hydroxyl groups is 1. The first kappa shape index (κ1) is 14.2. The Hall–Kier alpha value is -2.21. The number of nitrogens with zero attached hydrogens (tertiary/aromatic N) is 3. The zero-order valence-corrected chi connectivity index (χ0v) is 11.7. The quantitative estimate of drug-likeness (QED) is 0.684. The average molecular weight is 275 g/mol. The number of benzene rings is 1. The van der Waals surface area contributed by atoms with Crippen LogP contribution in [0.5, 0.6) is 0 Å². The maximum absolute atomic E-state index is 10.9. The van der Waals surface area contributed by atoms with Gasteiger partial charge in [-0.3, -0.25) is 15.1 Å². The molecular weight excluding hydrogens is 258 g/mol. The van der Waals surface area contributed by atoms with Gasteiger partial charge in [0.25, 0.3) is 5.69 Å². The third-order valence-electron chi connectivity index (χ3n) is 3.41. The summed E-state index contributed by atoms with van der Waals surface area (Å²) in [4.78, 5) is 16.8. The molecule has 1 aromatic heterocycles. The number of nitro benzene ring substituents is 1. The van der Waals surface area contributed by atoms with Crippen molar-refractivity contribution in [1.29, 1.82) is 0 Å². The van der Waals surface area contributed by atoms with Gasteiger partial charge in [-0.25, -0.2) is 0 Å². The van der Waals surface area contributed by atoms with Crippen molar-refractivity contribution < 1.29 is 10.0 Å². The van der Waals surface area contributed by atoms with Crippen molar-refractivity contribution in [2.75, 3.05) is 18.6 Å². The topological polar surface area (TPSA) is 79.5 Å². The Kier molecular flexibility index (Phi) is 3.85. The van der Waals surface area contributed by atoms with Gasteiger partial charge >= 0.3 is 0 Å². The molecule has 106 valence electrons. The number of aryl methyl sites for hydroxylation is 1. The molecule has 1 heterocycles. The molecule has 0 aliphatic rings. The van der Waals surface area contributed by atoms with Crippen molar-refractivity contribution in [1.82, 2.24) is 4.98 Å². The van der Waals surface area contributed by atoms with Gasteiger partial charge < -0.3 is 10.0 Å². The first-order chi connectivity index (χ1) is 9.43. The number of rotatable bonds is 4. The predicted molar refractivity (Wildman–Crippen MR) is 78.1 cm³/mol. The lowest BCUT2D eigenvalue weighted by Gasteiger charge is -2.26. The van der Waals surface area contributed by atoms with Crippen LogP contribution in [0.4, 0.5) is 11.4 Å². The number of aliphatic hydroxyl groups excluding tert-OH is 1. The van der Waals surface area contributed by atoms with Crippen LogP contribution in [-0.4, -0.2) is 34.7 Å². The molecular formula is C14H17N3O3. The Morgan fingerprint density at radius 3 is 2.75 bits per heavy atom. The second-order valence-electron chi connectivity index (χ2n) is 4.88. The van der Waals surface area contributed by atoms with E-state index in [1.807, 2.05) is 31.9 Å². The van der Waals surface area contributed by atoms with Gasteiger partial charge in [0.2, 0.25) is 0 Å². The molecule has 2 rings (SSSR count). The summed E-state index contributed by atoms with van der Waals surface area (Å²) in [7, 11) is 1.86. The Morgan fingerprint density at radius 2 is 2.15 bits per heavy atom. The maximum Gasteiger partial charge on any atom is 0.270 e. The molecule has 1 atom stereocenters. The first-order valence-corrected chi connectivity index (χ1v) is 6.33. The van der Waals surface area contributed by atoms with Gasteiger partial charge in [-0.1, -0.05) is 0 Å². The summed E-state index contributed by atoms with van der Waals surface area (Å²) in [6.07, 6.45) is 0. The fourth-order valence-corrected chi connectivity index (χ4v) is 2.09. The molecule has 0 saturated heterocycles. The average Bonchev–Trinajstić information content (AvgIpc) is 2.44. The molecule has 0 bridgehead atoms. The molecule has 1 unspecified atom stereocenters. The highest BCUT2D eigenvalue weighted by Crippen LogP contribution is 2.30. The predicted octanol–water partition coefficient (Wildman–Crippen LogP) is 2.27. The van der Waals surface area contributed by atoms with E-state index in [9.17, 15) is 15.2 Å². The minimum absolute atomic E-state index is 0.00822. The lowest BCUT2D eigenvalue weighted by Crippen LogP contribution is -2.32. The third-order valence-corrected chi connectivity index (χ3v) is 3.41. The monoisotopic (exact) mass is 275 g/mol. The normalized spacial score (nSPS) is 12.4. The van der Waals surface area contributed by atoms with Crippen LogP contribution >= 0.6 is 0 Å². The van der Waals surface area contributed by atoms with E-state index >= 15 is 0 Å². The number of hydrogen-bond donors (Lipinski definition) is 1. The molecule has 0 fully saturated rings. The number of anilines is 1. The van der Waals surface area contributed by atoms with Crippen LogP contribution in [0.15, 0.2) is 24.3 Å². The molecule has 0 spiro atoms. The van der Waals surface area contributed by atoms with E-state index in [1.54, 1.807) is 6.07 Å². The van der Waals surface area contributed by atoms with E-state index < -0.39 is 4.92 Å². The minimum atomic E-state index is -0.418. The fourth-order valence-electron chi connectivity index (χ4n) is 2.09. The van der Waals surface area contributed by atoms with Crippen molar-refractivity contribution in [3.05, 3.63) is 40.1 Å². The first-order valence-electron chi connectivity index (χ1n) is 6.33. The molecule has 0 aliphatic carbocycles. The summed E-state index contributed by atoms with van der Waals surface area (Å²) in [6, 6.07) is 6.42. The van der Waals surface area contributed by atoms with Crippen LogP contribution < -0.4 is 4.90 Å². The zero-order valence-electron chi connectivity index (χ0n) is 11.7. The number of non-ortho nitro benzene ring substituents is 1. The third kappa shape index (κ3) is 2.55. The number of likely N-dealkylation sites (N-methyl/N-ethyl adjacent to an activating group) is 1. The molecule has 0 amide bonds. The number of pyridine rings is 1. The second kappa shape index (κ2) is 5.42. The van der Waals surface area contributed by atoms with E-state index in [-0.39, 0.29) is 18.3 Å². The van der Waals surface area contributed by atoms with E-state index in [0.717, 1.165) is 11.4 Å². The zero-order chi connectivity index (χ0) is 14.9. The molecule has 0 radical (unpaired) electrons. The molecule has 2 aromatic rings. The van der Waals surface area contributed by atoms with Crippen molar-refractivity contribution in [2.24, 2.45) is 0 Å². The van der Waals surface area contributed by atoms with Crippen molar-refractivity contribution in [2.45, 2.75) is 19.9 Å². The standard InChI is InChI=1S/C14H17N3O3/c1-9-6-14(16(3)10(2)8-18)12-7-11(17(19)20)4-5-13(12)15-9/h4-7,10,18H,8H2,1-3H3. The van der Waals surface area contributed by atoms with Gasteiger partial charge in [0.1, 0.15) is 0 Å². The lowest BCUT2D eigenvalue weighted by molar-refractivity contribution is -0.384. The van der Waals surface area contributed by atoms with E-state index in [2.05, 4.69) is 4.98 Å². The number of hydrogen-bond acceptors (Lipinski definition) is 5. The number of nitro groups is 1. The van der Waals surface area contributed by atoms with Gasteiger partial charge in [-0.05, 0) is 26.0 Å². The molecule has 1 aromatic carbocycles. The smallest absolute Gasteiger partial charge is 0.270 e. The number of fused-ring (bicyclic) bond motifs is 1. The van der Waals surface area contributed by atoms with Gasteiger partial charge in [-0.15, -0.1) is 0 Å². The van der Waals surface area contributed by atoms with Crippen LogP contribution in [0.2, 0.25) is 0 Å². The molecule has 1 N–H and O–H groups in total. The maximum atomic E-state index is 10.9. The largest absolute Gasteiger partial charge is 0.394 e. The Balaban J connectivity index is 2.67. The molecule has 6 heteroatoms. The van der Waals surface area contributed by atoms with Crippen LogP contribution in [-0.2, 0) is 0 Å². The van der Waals surface area contributed by atoms with E-state index in [1.165, 1.54) is 12.1 Å². The summed E-state index contributed by atoms with van der Waals surface area (Å²) in [5.41, 5.74) is 2.41. The summed E-state index contributed by atoms with van der Waals surface area (Å²) >= 11 is 0. The summed E-state index contributed by atoms with van der Waals surface area (Å²) in [6.45, 7) is 3.77. The van der Waals surface area contributed by atoms with Gasteiger partial charge in [0.15, 0.2) is 0 Å². The highest BCUT2D eigenvalue weighted by Gasteiger charge is 2.16. The van der Waals surface area contributed by atoms with Crippen LogP contribution in [0.25, 0.3) is 10.9 Å². The van der Waals surface area contributed by atoms with Crippen LogP contribution in [0.1, 0.15) is 12.6 Å². The molecule has 0 saturated carbocycles. The second-order valence-corrected chi connectivity index (χ2v) is 4.88. The van der Waals surface area contributed by atoms with Crippen LogP contribution in [0.3, 0.4) is 0 Å². The summed E-state index contributed by atoms with van der Waals surface area (Å²) in [5, 5.41) is 20.9. The van der Waals surface area contributed by atoms with E-state index in [4.69, 9.17) is 0 Å². The van der Waals surface area contributed by atoms with Gasteiger partial charge in [-0.2, -0.15) is 0 Å². The molecule has 6 nitrogen and oxygen atoms in total. The highest BCUT2D eigenvalue weighted by molar-refractivity contribution is 5.93. The van der Waals surface area contributed by atoms with Crippen LogP contribution in [0, 0.1) is 17.0 Å². The minimum Gasteiger partial charge on any atom is -0.394 e. The Morgan fingerprint density at radius 1 is 1.45 bits per heavy atom. The summed E-state index contributed by atoms with van der Waals surface area (Å²) in [5.74, 6) is 0. The van der Waals surface area contributed by atoms with Crippen molar-refractivity contribution >= 4 is 22.3 Å². The van der Waals surface area contributed by atoms with Gasteiger partial charge in [0, 0.05) is 42.0 Å². The molecule has 20 heavy (non-hydrogen) atoms. The SMILES string of the molecule is Cc1cc(N(C)C(C)CO)c2cc([N+](=O)[O-])ccc2n1.